The Morgan fingerprint density at radius 2 is 1.76 bits per heavy atom. The number of nitrogens with one attached hydrogen (secondary N) is 3. The molecule has 0 bridgehead atoms. The Balaban J connectivity index is 0.849. The van der Waals surface area contributed by atoms with Crippen molar-refractivity contribution in [2.24, 2.45) is 5.92 Å². The first kappa shape index (κ1) is 31.5. The van der Waals surface area contributed by atoms with Crippen LogP contribution in [0.25, 0.3) is 11.2 Å². The fourth-order valence-corrected chi connectivity index (χ4v) is 7.40. The molecule has 8 rings (SSSR count). The molecule has 15 heteroatoms. The molecule has 4 aliphatic rings. The van der Waals surface area contributed by atoms with E-state index in [1.807, 2.05) is 25.1 Å². The first-order chi connectivity index (χ1) is 24.2. The maximum Gasteiger partial charge on any atom is 0.270 e. The normalized spacial score (nSPS) is 22.4. The number of pyridine rings is 1. The summed E-state index contributed by atoms with van der Waals surface area (Å²) in [5, 5.41) is 8.80. The molecule has 5 amide bonds. The Kier molecular flexibility index (Phi) is 7.96. The minimum absolute atomic E-state index is 0.0601. The van der Waals surface area contributed by atoms with Crippen molar-refractivity contribution in [2.75, 3.05) is 29.9 Å². The Labute approximate surface area is 286 Å². The molecule has 3 N–H and O–H groups in total. The molecule has 1 aromatic carbocycles. The molecule has 3 fully saturated rings. The third-order valence-corrected chi connectivity index (χ3v) is 10.3. The number of anilines is 2. The number of carbonyl (C=O) groups is 5. The quantitative estimate of drug-likeness (QED) is 0.233. The lowest BCUT2D eigenvalue weighted by Gasteiger charge is -2.36. The third-order valence-electron chi connectivity index (χ3n) is 10.3. The summed E-state index contributed by atoms with van der Waals surface area (Å²) in [5.74, 6) is -1.11. The van der Waals surface area contributed by atoms with Crippen molar-refractivity contribution in [3.05, 3.63) is 71.6 Å². The summed E-state index contributed by atoms with van der Waals surface area (Å²) in [5.41, 5.74) is 4.12. The van der Waals surface area contributed by atoms with Crippen LogP contribution in [0.4, 0.5) is 11.5 Å². The van der Waals surface area contributed by atoms with Gasteiger partial charge in [0.05, 0.1) is 17.5 Å². The Morgan fingerprint density at radius 1 is 0.960 bits per heavy atom. The fourth-order valence-electron chi connectivity index (χ4n) is 7.40. The highest BCUT2D eigenvalue weighted by molar-refractivity contribution is 6.23. The van der Waals surface area contributed by atoms with Gasteiger partial charge in [0.25, 0.3) is 17.7 Å². The van der Waals surface area contributed by atoms with E-state index in [2.05, 4.69) is 45.4 Å². The van der Waals surface area contributed by atoms with Crippen LogP contribution in [-0.2, 0) is 9.59 Å². The van der Waals surface area contributed by atoms with E-state index in [9.17, 15) is 24.0 Å². The molecule has 3 aliphatic heterocycles. The summed E-state index contributed by atoms with van der Waals surface area (Å²) < 4.78 is 2.06. The number of fused-ring (bicyclic) bond motifs is 2. The molecular weight excluding hydrogens is 640 g/mol. The highest BCUT2D eigenvalue weighted by Gasteiger charge is 2.45. The molecule has 0 radical (unpaired) electrons. The van der Waals surface area contributed by atoms with Crippen LogP contribution in [0.15, 0.2) is 49.1 Å². The van der Waals surface area contributed by atoms with Crippen LogP contribution in [0.3, 0.4) is 0 Å². The zero-order chi connectivity index (χ0) is 34.5. The maximum absolute atomic E-state index is 13.3. The number of aryl methyl sites for hydroxylation is 1. The van der Waals surface area contributed by atoms with Crippen LogP contribution in [0, 0.1) is 12.8 Å². The summed E-state index contributed by atoms with van der Waals surface area (Å²) in [4.78, 5) is 84.1. The number of carbonyl (C=O) groups excluding carboxylic acids is 5. The number of rotatable bonds is 8. The predicted octanol–water partition coefficient (Wildman–Crippen LogP) is 2.39. The lowest BCUT2D eigenvalue weighted by atomic mass is 9.86. The van der Waals surface area contributed by atoms with Crippen molar-refractivity contribution >= 4 is 52.2 Å². The zero-order valence-corrected chi connectivity index (χ0v) is 27.5. The van der Waals surface area contributed by atoms with Gasteiger partial charge in [-0.3, -0.25) is 34.2 Å². The van der Waals surface area contributed by atoms with Crippen molar-refractivity contribution < 1.29 is 24.0 Å². The molecule has 15 nitrogen and oxygen atoms in total. The molecule has 256 valence electrons. The summed E-state index contributed by atoms with van der Waals surface area (Å²) in [7, 11) is 0. The number of hydrogen-bond donors (Lipinski definition) is 3. The Hall–Kier alpha value is -5.73. The van der Waals surface area contributed by atoms with Gasteiger partial charge in [0.1, 0.15) is 23.6 Å². The Morgan fingerprint density at radius 3 is 2.54 bits per heavy atom. The van der Waals surface area contributed by atoms with Gasteiger partial charge in [0, 0.05) is 49.5 Å². The summed E-state index contributed by atoms with van der Waals surface area (Å²) in [6, 6.07) is 9.93. The van der Waals surface area contributed by atoms with E-state index < -0.39 is 29.7 Å². The van der Waals surface area contributed by atoms with Crippen LogP contribution in [-0.4, -0.2) is 90.7 Å². The molecule has 3 aromatic heterocycles. The van der Waals surface area contributed by atoms with Crippen LogP contribution < -0.4 is 20.9 Å². The van der Waals surface area contributed by atoms with Gasteiger partial charge in [-0.1, -0.05) is 6.07 Å². The number of aromatic nitrogens is 5. The van der Waals surface area contributed by atoms with Crippen molar-refractivity contribution in [1.82, 2.24) is 40.0 Å². The average molecular weight is 677 g/mol. The molecule has 2 saturated heterocycles. The zero-order valence-electron chi connectivity index (χ0n) is 27.5. The van der Waals surface area contributed by atoms with Gasteiger partial charge in [-0.25, -0.2) is 19.9 Å². The largest absolute Gasteiger partial charge is 0.371 e. The summed E-state index contributed by atoms with van der Waals surface area (Å²) in [6.45, 7) is 4.13. The van der Waals surface area contributed by atoms with Gasteiger partial charge in [0.15, 0.2) is 11.5 Å². The van der Waals surface area contributed by atoms with Crippen molar-refractivity contribution in [3.63, 3.8) is 0 Å². The molecule has 1 aliphatic carbocycles. The van der Waals surface area contributed by atoms with E-state index in [4.69, 9.17) is 0 Å². The maximum atomic E-state index is 13.3. The van der Waals surface area contributed by atoms with E-state index >= 15 is 0 Å². The highest BCUT2D eigenvalue weighted by Crippen LogP contribution is 2.36. The molecule has 4 aromatic rings. The topological polar surface area (TPSA) is 184 Å². The third kappa shape index (κ3) is 5.71. The molecular formula is C35H36N10O5. The van der Waals surface area contributed by atoms with Crippen LogP contribution in [0.2, 0.25) is 0 Å². The van der Waals surface area contributed by atoms with Gasteiger partial charge in [-0.05, 0) is 75.3 Å². The minimum Gasteiger partial charge on any atom is -0.371 e. The van der Waals surface area contributed by atoms with Crippen LogP contribution >= 0.6 is 0 Å². The SMILES string of the molecule is Cc1cccc(C(=O)NC2CC(n3cnc4c(NCC5CCN(c6ccc7c(c6)C(=O)N(C6CCC(=O)NC6=O)C7=O)CC5)ncnc43)C2)n1. The molecule has 1 atom stereocenters. The van der Waals surface area contributed by atoms with E-state index in [0.717, 1.165) is 67.2 Å². The van der Waals surface area contributed by atoms with Crippen molar-refractivity contribution in [1.29, 1.82) is 0 Å². The lowest BCUT2D eigenvalue weighted by molar-refractivity contribution is -0.136. The van der Waals surface area contributed by atoms with Crippen molar-refractivity contribution in [2.45, 2.75) is 63.6 Å². The monoisotopic (exact) mass is 676 g/mol. The molecule has 6 heterocycles. The first-order valence-electron chi connectivity index (χ1n) is 17.0. The van der Waals surface area contributed by atoms with E-state index in [0.29, 0.717) is 22.9 Å². The van der Waals surface area contributed by atoms with Gasteiger partial charge < -0.3 is 20.1 Å². The van der Waals surface area contributed by atoms with Gasteiger partial charge in [-0.15, -0.1) is 0 Å². The molecule has 1 unspecified atom stereocenters. The van der Waals surface area contributed by atoms with Gasteiger partial charge in [0.2, 0.25) is 11.8 Å². The van der Waals surface area contributed by atoms with E-state index in [1.54, 1.807) is 30.9 Å². The molecule has 50 heavy (non-hydrogen) atoms. The number of benzene rings is 1. The second-order valence-corrected chi connectivity index (χ2v) is 13.5. The Bertz CT molecular complexity index is 2050. The smallest absolute Gasteiger partial charge is 0.270 e. The van der Waals surface area contributed by atoms with Gasteiger partial charge >= 0.3 is 0 Å². The van der Waals surface area contributed by atoms with Crippen LogP contribution in [0.1, 0.15) is 81.5 Å². The average Bonchev–Trinajstić information content (AvgIpc) is 3.63. The minimum atomic E-state index is -0.982. The predicted molar refractivity (Wildman–Crippen MR) is 180 cm³/mol. The number of imide groups is 2. The summed E-state index contributed by atoms with van der Waals surface area (Å²) in [6.07, 6.45) is 6.94. The lowest BCUT2D eigenvalue weighted by Crippen LogP contribution is -2.54. The van der Waals surface area contributed by atoms with E-state index in [1.165, 1.54) is 0 Å². The number of imidazole rings is 1. The number of nitrogens with zero attached hydrogens (tertiary/aromatic N) is 7. The number of amides is 5. The molecule has 0 spiro atoms. The van der Waals surface area contributed by atoms with Crippen molar-refractivity contribution in [3.8, 4) is 0 Å². The number of hydrogen-bond acceptors (Lipinski definition) is 11. The van der Waals surface area contributed by atoms with Crippen LogP contribution in [0.5, 0.6) is 0 Å². The second kappa shape index (κ2) is 12.6. The standard InChI is InChI=1S/C35H36N10O5/c1-19-3-2-4-26(40-19)32(47)41-21-13-23(14-21)44-18-39-29-30(37-17-38-31(29)44)36-16-20-9-11-43(12-10-20)22-5-6-24-25(15-22)35(50)45(34(24)49)27-7-8-28(46)42-33(27)48/h2-6,15,17-18,20-21,23,27H,7-14,16H2,1H3,(H,41,47)(H,36,37,38)(H,42,46,48). The molecule has 1 saturated carbocycles. The highest BCUT2D eigenvalue weighted by atomic mass is 16.2. The van der Waals surface area contributed by atoms with Gasteiger partial charge in [-0.2, -0.15) is 0 Å². The van der Waals surface area contributed by atoms with E-state index in [-0.39, 0.29) is 42.0 Å². The fraction of sp³-hybridized carbons (Fsp3) is 0.400. The first-order valence-corrected chi connectivity index (χ1v) is 17.0. The second-order valence-electron chi connectivity index (χ2n) is 13.5. The summed E-state index contributed by atoms with van der Waals surface area (Å²) >= 11 is 0. The number of piperidine rings is 2.